The van der Waals surface area contributed by atoms with Crippen LogP contribution in [-0.4, -0.2) is 23.6 Å². The van der Waals surface area contributed by atoms with Gasteiger partial charge in [0.25, 0.3) is 0 Å². The molecule has 10 heavy (non-hydrogen) atoms. The van der Waals surface area contributed by atoms with Gasteiger partial charge in [0.05, 0.1) is 18.3 Å². The van der Waals surface area contributed by atoms with E-state index in [1.54, 1.807) is 20.8 Å². The van der Waals surface area contributed by atoms with E-state index >= 15 is 0 Å². The van der Waals surface area contributed by atoms with E-state index in [-0.39, 0.29) is 0 Å². The zero-order valence-electron chi connectivity index (χ0n) is 7.05. The highest BCUT2D eigenvalue weighted by atomic mass is 17.1. The highest BCUT2D eigenvalue weighted by molar-refractivity contribution is 4.58. The fourth-order valence-corrected chi connectivity index (χ4v) is 0.0962. The van der Waals surface area contributed by atoms with Crippen LogP contribution in [0.5, 0.6) is 0 Å². The van der Waals surface area contributed by atoms with Crippen molar-refractivity contribution in [2.75, 3.05) is 6.61 Å². The molecule has 1 fully saturated rings. The van der Waals surface area contributed by atoms with E-state index in [9.17, 15) is 0 Å². The molecule has 0 aliphatic carbocycles. The number of hydrogen-bond donors (Lipinski definition) is 1. The van der Waals surface area contributed by atoms with Gasteiger partial charge in [-0.05, 0) is 27.7 Å². The second-order valence-electron chi connectivity index (χ2n) is 3.35. The Morgan fingerprint density at radius 1 is 1.50 bits per heavy atom. The summed E-state index contributed by atoms with van der Waals surface area (Å²) in [7, 11) is 0. The third-order valence-electron chi connectivity index (χ3n) is 0.774. The minimum atomic E-state index is -0.403. The van der Waals surface area contributed by atoms with Gasteiger partial charge in [-0.15, -0.1) is 0 Å². The highest BCUT2D eigenvalue weighted by Crippen LogP contribution is 2.04. The van der Waals surface area contributed by atoms with Crippen molar-refractivity contribution in [3.8, 4) is 0 Å². The second kappa shape index (κ2) is 3.91. The van der Waals surface area contributed by atoms with Gasteiger partial charge in [-0.3, -0.25) is 5.26 Å². The molecule has 1 heterocycles. The maximum Gasteiger partial charge on any atom is 0.0949 e. The number of epoxide rings is 1. The van der Waals surface area contributed by atoms with E-state index in [1.807, 2.05) is 0 Å². The average molecular weight is 148 g/mol. The third kappa shape index (κ3) is 10.8. The molecule has 1 rings (SSSR count). The molecule has 0 aromatic carbocycles. The van der Waals surface area contributed by atoms with Crippen LogP contribution in [0.4, 0.5) is 0 Å². The lowest BCUT2D eigenvalue weighted by Crippen LogP contribution is -2.15. The van der Waals surface area contributed by atoms with E-state index in [0.29, 0.717) is 6.10 Å². The van der Waals surface area contributed by atoms with Gasteiger partial charge in [0, 0.05) is 0 Å². The summed E-state index contributed by atoms with van der Waals surface area (Å²) in [5, 5.41) is 7.90. The molecule has 1 atom stereocenters. The Morgan fingerprint density at radius 2 is 1.70 bits per heavy atom. The lowest BCUT2D eigenvalue weighted by molar-refractivity contribution is -0.306. The van der Waals surface area contributed by atoms with Gasteiger partial charge >= 0.3 is 0 Å². The fourth-order valence-electron chi connectivity index (χ4n) is 0.0962. The first-order valence-corrected chi connectivity index (χ1v) is 3.40. The smallest absolute Gasteiger partial charge is 0.0949 e. The van der Waals surface area contributed by atoms with Crippen LogP contribution in [-0.2, 0) is 9.62 Å². The molecule has 0 amide bonds. The molecule has 62 valence electrons. The maximum atomic E-state index is 7.90. The van der Waals surface area contributed by atoms with E-state index in [0.717, 1.165) is 6.61 Å². The van der Waals surface area contributed by atoms with Crippen molar-refractivity contribution in [2.45, 2.75) is 39.4 Å². The molecule has 0 spiro atoms. The summed E-state index contributed by atoms with van der Waals surface area (Å²) in [5.41, 5.74) is -0.403. The van der Waals surface area contributed by atoms with Gasteiger partial charge in [0.15, 0.2) is 0 Å². The summed E-state index contributed by atoms with van der Waals surface area (Å²) in [6.45, 7) is 8.35. The summed E-state index contributed by atoms with van der Waals surface area (Å²) in [6.07, 6.45) is 0.583. The van der Waals surface area contributed by atoms with Crippen LogP contribution in [0.3, 0.4) is 0 Å². The fraction of sp³-hybridized carbons (Fsp3) is 1.00. The molecule has 1 saturated heterocycles. The van der Waals surface area contributed by atoms with Crippen molar-refractivity contribution >= 4 is 0 Å². The summed E-state index contributed by atoms with van der Waals surface area (Å²) >= 11 is 0. The molecule has 1 aliphatic heterocycles. The van der Waals surface area contributed by atoms with Crippen LogP contribution < -0.4 is 0 Å². The Labute approximate surface area is 61.9 Å². The predicted molar refractivity (Wildman–Crippen MR) is 38.9 cm³/mol. The molecule has 0 bridgehead atoms. The van der Waals surface area contributed by atoms with E-state index in [2.05, 4.69) is 11.8 Å². The molecular weight excluding hydrogens is 132 g/mol. The topological polar surface area (TPSA) is 42.0 Å². The quantitative estimate of drug-likeness (QED) is 0.323. The monoisotopic (exact) mass is 148 g/mol. The Balaban J connectivity index is 0.000000172. The van der Waals surface area contributed by atoms with Gasteiger partial charge < -0.3 is 4.74 Å². The van der Waals surface area contributed by atoms with Crippen LogP contribution in [0.2, 0.25) is 0 Å². The molecule has 0 radical (unpaired) electrons. The second-order valence-corrected chi connectivity index (χ2v) is 3.35. The van der Waals surface area contributed by atoms with Crippen LogP contribution in [0.25, 0.3) is 0 Å². The summed E-state index contributed by atoms with van der Waals surface area (Å²) < 4.78 is 4.71. The van der Waals surface area contributed by atoms with E-state index in [4.69, 9.17) is 9.99 Å². The Hall–Kier alpha value is -0.120. The highest BCUT2D eigenvalue weighted by Gasteiger charge is 2.13. The van der Waals surface area contributed by atoms with E-state index in [1.165, 1.54) is 0 Å². The molecule has 1 N–H and O–H groups in total. The first-order chi connectivity index (χ1) is 4.45. The average Bonchev–Trinajstić information content (AvgIpc) is 2.51. The van der Waals surface area contributed by atoms with Crippen LogP contribution in [0.15, 0.2) is 0 Å². The van der Waals surface area contributed by atoms with Crippen molar-refractivity contribution in [2.24, 2.45) is 0 Å². The Kier molecular flexibility index (Phi) is 3.86. The lowest BCUT2D eigenvalue weighted by atomic mass is 10.2. The summed E-state index contributed by atoms with van der Waals surface area (Å²) in [5.74, 6) is 0. The van der Waals surface area contributed by atoms with Crippen molar-refractivity contribution < 1.29 is 14.9 Å². The molecule has 0 aromatic heterocycles. The molecule has 1 unspecified atom stereocenters. The Bertz CT molecular complexity index is 81.3. The van der Waals surface area contributed by atoms with E-state index < -0.39 is 5.60 Å². The van der Waals surface area contributed by atoms with Gasteiger partial charge in [-0.25, -0.2) is 4.89 Å². The van der Waals surface area contributed by atoms with Gasteiger partial charge in [0.2, 0.25) is 0 Å². The van der Waals surface area contributed by atoms with Crippen molar-refractivity contribution in [3.63, 3.8) is 0 Å². The minimum absolute atomic E-state index is 0.403. The number of hydrogen-bond acceptors (Lipinski definition) is 3. The standard InChI is InChI=1S/C4H10O2.C3H6O/c1-4(2,3)6-5;1-3-2-4-3/h5H,1-3H3;3H,2H2,1H3. The molecule has 0 saturated carbocycles. The largest absolute Gasteiger partial charge is 0.373 e. The molecule has 0 aromatic rings. The third-order valence-corrected chi connectivity index (χ3v) is 0.774. The Morgan fingerprint density at radius 3 is 1.70 bits per heavy atom. The predicted octanol–water partition coefficient (Wildman–Crippen LogP) is 1.68. The molecule has 3 heteroatoms. The number of ether oxygens (including phenoxy) is 1. The summed E-state index contributed by atoms with van der Waals surface area (Å²) in [4.78, 5) is 3.94. The van der Waals surface area contributed by atoms with Gasteiger partial charge in [0.1, 0.15) is 0 Å². The minimum Gasteiger partial charge on any atom is -0.373 e. The zero-order chi connectivity index (χ0) is 8.20. The molecular formula is C7H16O3. The SMILES string of the molecule is CC(C)(C)OO.CC1CO1. The van der Waals surface area contributed by atoms with Crippen LogP contribution in [0, 0.1) is 0 Å². The first kappa shape index (κ1) is 9.88. The molecule has 3 nitrogen and oxygen atoms in total. The first-order valence-electron chi connectivity index (χ1n) is 3.40. The van der Waals surface area contributed by atoms with Crippen LogP contribution >= 0.6 is 0 Å². The van der Waals surface area contributed by atoms with Crippen molar-refractivity contribution in [1.29, 1.82) is 0 Å². The lowest BCUT2D eigenvalue weighted by Gasteiger charge is -2.10. The van der Waals surface area contributed by atoms with Crippen molar-refractivity contribution in [3.05, 3.63) is 0 Å². The van der Waals surface area contributed by atoms with Gasteiger partial charge in [-0.2, -0.15) is 0 Å². The molecule has 1 aliphatic rings. The normalized spacial score (nSPS) is 23.1. The summed E-state index contributed by atoms with van der Waals surface area (Å²) in [6, 6.07) is 0. The maximum absolute atomic E-state index is 7.90. The zero-order valence-corrected chi connectivity index (χ0v) is 7.05. The number of rotatable bonds is 0. The van der Waals surface area contributed by atoms with Crippen molar-refractivity contribution in [1.82, 2.24) is 0 Å². The van der Waals surface area contributed by atoms with Crippen LogP contribution in [0.1, 0.15) is 27.7 Å². The van der Waals surface area contributed by atoms with Gasteiger partial charge in [-0.1, -0.05) is 0 Å².